The van der Waals surface area contributed by atoms with Crippen molar-refractivity contribution in [2.45, 2.75) is 53.1 Å². The van der Waals surface area contributed by atoms with Gasteiger partial charge in [0, 0.05) is 45.8 Å². The lowest BCUT2D eigenvalue weighted by atomic mass is 10.2. The van der Waals surface area contributed by atoms with Crippen LogP contribution < -0.4 is 5.32 Å². The highest BCUT2D eigenvalue weighted by atomic mass is 127. The Morgan fingerprint density at radius 3 is 2.00 bits per heavy atom. The smallest absolute Gasteiger partial charge is 0.193 e. The minimum atomic E-state index is 0. The van der Waals surface area contributed by atoms with Crippen LogP contribution in [0.1, 0.15) is 41.0 Å². The van der Waals surface area contributed by atoms with Gasteiger partial charge in [-0.25, -0.2) is 0 Å². The second-order valence-electron chi connectivity index (χ2n) is 5.41. The van der Waals surface area contributed by atoms with Gasteiger partial charge in [-0.3, -0.25) is 9.89 Å². The average molecular weight is 384 g/mol. The SMILES string of the molecule is CCNC(=NCCCN(C(C)C)C(C)C)N(C)C.I. The highest BCUT2D eigenvalue weighted by Gasteiger charge is 2.12. The van der Waals surface area contributed by atoms with E-state index in [1.807, 2.05) is 19.0 Å². The molecule has 4 nitrogen and oxygen atoms in total. The molecule has 0 bridgehead atoms. The third kappa shape index (κ3) is 9.49. The van der Waals surface area contributed by atoms with Crippen molar-refractivity contribution < 1.29 is 0 Å². The summed E-state index contributed by atoms with van der Waals surface area (Å²) in [5.41, 5.74) is 0. The van der Waals surface area contributed by atoms with E-state index < -0.39 is 0 Å². The van der Waals surface area contributed by atoms with E-state index in [0.29, 0.717) is 12.1 Å². The van der Waals surface area contributed by atoms with Crippen molar-refractivity contribution in [2.75, 3.05) is 33.7 Å². The standard InChI is InChI=1S/C14H32N4.HI/c1-8-15-14(17(6)7)16-10-9-11-18(12(2)3)13(4)5;/h12-13H,8-11H2,1-7H3,(H,15,16);1H. The summed E-state index contributed by atoms with van der Waals surface area (Å²) in [5, 5.41) is 3.28. The van der Waals surface area contributed by atoms with Gasteiger partial charge in [0.1, 0.15) is 0 Å². The fraction of sp³-hybridized carbons (Fsp3) is 0.929. The molecule has 0 aromatic carbocycles. The zero-order valence-electron chi connectivity index (χ0n) is 13.7. The van der Waals surface area contributed by atoms with Gasteiger partial charge in [-0.05, 0) is 41.0 Å². The molecular formula is C14H33IN4. The van der Waals surface area contributed by atoms with Gasteiger partial charge in [0.25, 0.3) is 0 Å². The van der Waals surface area contributed by atoms with Crippen molar-refractivity contribution in [1.82, 2.24) is 15.1 Å². The molecule has 0 saturated carbocycles. The predicted molar refractivity (Wildman–Crippen MR) is 96.7 cm³/mol. The lowest BCUT2D eigenvalue weighted by Crippen LogP contribution is -2.38. The number of nitrogens with one attached hydrogen (secondary N) is 1. The maximum Gasteiger partial charge on any atom is 0.193 e. The van der Waals surface area contributed by atoms with Gasteiger partial charge in [0.05, 0.1) is 0 Å². The molecule has 0 aromatic heterocycles. The van der Waals surface area contributed by atoms with Crippen molar-refractivity contribution in [3.8, 4) is 0 Å². The molecule has 0 spiro atoms. The van der Waals surface area contributed by atoms with Crippen LogP contribution >= 0.6 is 24.0 Å². The lowest BCUT2D eigenvalue weighted by Gasteiger charge is -2.30. The number of rotatable bonds is 7. The van der Waals surface area contributed by atoms with Gasteiger partial charge in [-0.1, -0.05) is 0 Å². The van der Waals surface area contributed by atoms with Crippen molar-refractivity contribution in [2.24, 2.45) is 4.99 Å². The van der Waals surface area contributed by atoms with Gasteiger partial charge in [-0.2, -0.15) is 0 Å². The maximum absolute atomic E-state index is 4.61. The van der Waals surface area contributed by atoms with E-state index in [2.05, 4.69) is 49.8 Å². The van der Waals surface area contributed by atoms with E-state index in [1.165, 1.54) is 0 Å². The minimum Gasteiger partial charge on any atom is -0.357 e. The highest BCUT2D eigenvalue weighted by molar-refractivity contribution is 14.0. The molecule has 0 radical (unpaired) electrons. The van der Waals surface area contributed by atoms with Gasteiger partial charge in [0.15, 0.2) is 5.96 Å². The number of hydrogen-bond acceptors (Lipinski definition) is 2. The van der Waals surface area contributed by atoms with E-state index in [9.17, 15) is 0 Å². The van der Waals surface area contributed by atoms with Crippen LogP contribution in [0.15, 0.2) is 4.99 Å². The molecule has 0 aliphatic heterocycles. The Labute approximate surface area is 137 Å². The van der Waals surface area contributed by atoms with E-state index in [-0.39, 0.29) is 24.0 Å². The summed E-state index contributed by atoms with van der Waals surface area (Å²) in [4.78, 5) is 9.15. The molecule has 0 amide bonds. The first-order chi connectivity index (χ1) is 8.40. The zero-order chi connectivity index (χ0) is 14.1. The van der Waals surface area contributed by atoms with Crippen LogP contribution in [0, 0.1) is 0 Å². The Hall–Kier alpha value is -0.0400. The Kier molecular flexibility index (Phi) is 13.2. The van der Waals surface area contributed by atoms with Crippen molar-refractivity contribution in [3.05, 3.63) is 0 Å². The largest absolute Gasteiger partial charge is 0.357 e. The second-order valence-corrected chi connectivity index (χ2v) is 5.41. The van der Waals surface area contributed by atoms with Crippen molar-refractivity contribution in [3.63, 3.8) is 0 Å². The number of halogens is 1. The highest BCUT2D eigenvalue weighted by Crippen LogP contribution is 2.05. The summed E-state index contributed by atoms with van der Waals surface area (Å²) in [5.74, 6) is 0.984. The van der Waals surface area contributed by atoms with Crippen molar-refractivity contribution in [1.29, 1.82) is 0 Å². The molecule has 0 heterocycles. The van der Waals surface area contributed by atoms with Crippen LogP contribution in [-0.4, -0.2) is 61.6 Å². The third-order valence-corrected chi connectivity index (χ3v) is 2.92. The molecule has 116 valence electrons. The second kappa shape index (κ2) is 11.8. The van der Waals surface area contributed by atoms with Gasteiger partial charge >= 0.3 is 0 Å². The fourth-order valence-corrected chi connectivity index (χ4v) is 2.06. The van der Waals surface area contributed by atoms with Gasteiger partial charge in [-0.15, -0.1) is 24.0 Å². The van der Waals surface area contributed by atoms with E-state index >= 15 is 0 Å². The zero-order valence-corrected chi connectivity index (χ0v) is 16.1. The van der Waals surface area contributed by atoms with E-state index in [1.54, 1.807) is 0 Å². The first kappa shape index (κ1) is 21.3. The molecule has 0 aliphatic rings. The fourth-order valence-electron chi connectivity index (χ4n) is 2.06. The minimum absolute atomic E-state index is 0. The number of nitrogens with zero attached hydrogens (tertiary/aromatic N) is 3. The van der Waals surface area contributed by atoms with Crippen LogP contribution in [0.25, 0.3) is 0 Å². The normalized spacial score (nSPS) is 12.0. The summed E-state index contributed by atoms with van der Waals surface area (Å²) < 4.78 is 0. The summed E-state index contributed by atoms with van der Waals surface area (Å²) in [6, 6.07) is 1.21. The molecular weight excluding hydrogens is 351 g/mol. The first-order valence-electron chi connectivity index (χ1n) is 7.11. The van der Waals surface area contributed by atoms with Crippen LogP contribution in [0.2, 0.25) is 0 Å². The van der Waals surface area contributed by atoms with E-state index in [4.69, 9.17) is 0 Å². The first-order valence-corrected chi connectivity index (χ1v) is 7.11. The molecule has 1 N–H and O–H groups in total. The lowest BCUT2D eigenvalue weighted by molar-refractivity contribution is 0.174. The van der Waals surface area contributed by atoms with Crippen molar-refractivity contribution >= 4 is 29.9 Å². The van der Waals surface area contributed by atoms with Crippen LogP contribution in [0.3, 0.4) is 0 Å². The molecule has 0 atom stereocenters. The van der Waals surface area contributed by atoms with E-state index in [0.717, 1.165) is 32.0 Å². The molecule has 0 unspecified atom stereocenters. The van der Waals surface area contributed by atoms with Gasteiger partial charge in [0.2, 0.25) is 0 Å². The summed E-state index contributed by atoms with van der Waals surface area (Å²) in [6.07, 6.45) is 1.11. The molecule has 19 heavy (non-hydrogen) atoms. The molecule has 0 fully saturated rings. The number of hydrogen-bond donors (Lipinski definition) is 1. The maximum atomic E-state index is 4.61. The Bertz CT molecular complexity index is 232. The number of guanidine groups is 1. The Morgan fingerprint density at radius 1 is 1.11 bits per heavy atom. The molecule has 0 aromatic rings. The molecule has 0 rings (SSSR count). The topological polar surface area (TPSA) is 30.9 Å². The molecule has 5 heteroatoms. The monoisotopic (exact) mass is 384 g/mol. The van der Waals surface area contributed by atoms with Crippen LogP contribution in [0.5, 0.6) is 0 Å². The Balaban J connectivity index is 0. The summed E-state index contributed by atoms with van der Waals surface area (Å²) in [6.45, 7) is 14.0. The summed E-state index contributed by atoms with van der Waals surface area (Å²) in [7, 11) is 4.05. The average Bonchev–Trinajstić information content (AvgIpc) is 2.25. The predicted octanol–water partition coefficient (Wildman–Crippen LogP) is 2.64. The summed E-state index contributed by atoms with van der Waals surface area (Å²) >= 11 is 0. The quantitative estimate of drug-likeness (QED) is 0.317. The van der Waals surface area contributed by atoms with Crippen LogP contribution in [-0.2, 0) is 0 Å². The molecule has 0 aliphatic carbocycles. The number of aliphatic imine (C=N–C) groups is 1. The molecule has 0 saturated heterocycles. The Morgan fingerprint density at radius 2 is 1.63 bits per heavy atom. The van der Waals surface area contributed by atoms with Gasteiger partial charge < -0.3 is 10.2 Å². The van der Waals surface area contributed by atoms with Crippen LogP contribution in [0.4, 0.5) is 0 Å². The third-order valence-electron chi connectivity index (χ3n) is 2.92.